The van der Waals surface area contributed by atoms with Crippen molar-refractivity contribution in [3.05, 3.63) is 77.4 Å². The summed E-state index contributed by atoms with van der Waals surface area (Å²) in [7, 11) is -3.48. The SMILES string of the molecule is O=S(=O)(c1ccccc1)N1CCCC(CNc2cc(-c3[c-]cccc3)nc3c(Br)cnn23)C1.[U]. The maximum atomic E-state index is 13.1. The summed E-state index contributed by atoms with van der Waals surface area (Å²) in [6.07, 6.45) is 3.52. The van der Waals surface area contributed by atoms with E-state index >= 15 is 0 Å². The molecule has 1 aliphatic heterocycles. The number of piperidine rings is 1. The fourth-order valence-corrected chi connectivity index (χ4v) is 6.08. The van der Waals surface area contributed by atoms with Crippen LogP contribution in [-0.2, 0) is 10.0 Å². The average molecular weight is 763 g/mol. The van der Waals surface area contributed by atoms with E-state index < -0.39 is 10.0 Å². The first-order valence-electron chi connectivity index (χ1n) is 10.8. The number of fused-ring (bicyclic) bond motifs is 1. The van der Waals surface area contributed by atoms with Crippen LogP contribution in [0.2, 0.25) is 0 Å². The molecule has 1 aliphatic rings. The quantitative estimate of drug-likeness (QED) is 0.294. The number of sulfonamides is 1. The van der Waals surface area contributed by atoms with Gasteiger partial charge in [-0.05, 0) is 58.6 Å². The third kappa shape index (κ3) is 5.26. The summed E-state index contributed by atoms with van der Waals surface area (Å²) in [6.45, 7) is 1.67. The normalized spacial score (nSPS) is 16.8. The van der Waals surface area contributed by atoms with Crippen molar-refractivity contribution >= 4 is 37.4 Å². The van der Waals surface area contributed by atoms with Gasteiger partial charge in [0.15, 0.2) is 5.65 Å². The first kappa shape index (κ1) is 25.4. The Bertz CT molecular complexity index is 1370. The topological polar surface area (TPSA) is 79.6 Å². The zero-order valence-electron chi connectivity index (χ0n) is 18.4. The Hall–Kier alpha value is -1.70. The van der Waals surface area contributed by atoms with Crippen LogP contribution in [0, 0.1) is 43.1 Å². The summed E-state index contributed by atoms with van der Waals surface area (Å²) in [5.41, 5.74) is 2.40. The van der Waals surface area contributed by atoms with E-state index in [9.17, 15) is 8.42 Å². The number of benzene rings is 2. The van der Waals surface area contributed by atoms with Gasteiger partial charge in [-0.15, -0.1) is 35.9 Å². The van der Waals surface area contributed by atoms with Gasteiger partial charge in [0, 0.05) is 50.7 Å². The second-order valence-corrected chi connectivity index (χ2v) is 10.9. The molecular formula is C24H23BrN5O2SU-. The molecule has 7 nitrogen and oxygen atoms in total. The van der Waals surface area contributed by atoms with Gasteiger partial charge in [-0.2, -0.15) is 13.9 Å². The van der Waals surface area contributed by atoms with Crippen LogP contribution in [0.5, 0.6) is 0 Å². The van der Waals surface area contributed by atoms with Crippen molar-refractivity contribution in [1.29, 1.82) is 0 Å². The summed E-state index contributed by atoms with van der Waals surface area (Å²) < 4.78 is 30.3. The Labute approximate surface area is 231 Å². The molecule has 0 amide bonds. The van der Waals surface area contributed by atoms with Crippen molar-refractivity contribution < 1.29 is 39.5 Å². The van der Waals surface area contributed by atoms with Crippen molar-refractivity contribution in [2.75, 3.05) is 25.0 Å². The van der Waals surface area contributed by atoms with Crippen molar-refractivity contribution in [3.8, 4) is 11.3 Å². The molecule has 3 heterocycles. The van der Waals surface area contributed by atoms with E-state index in [0.29, 0.717) is 30.2 Å². The van der Waals surface area contributed by atoms with E-state index in [1.807, 2.05) is 36.4 Å². The standard InChI is InChI=1S/C24H23BrN5O2S.U/c25-21-16-27-30-23(14-22(28-24(21)30)19-9-3-1-4-10-19)26-15-18-8-7-13-29(17-18)33(31,32)20-11-5-2-6-12-20;/h1-6,9,11-12,14,16,18,26H,7-8,13,15,17H2;/q-1;. The number of nitrogens with zero attached hydrogens (tertiary/aromatic N) is 4. The molecule has 0 aliphatic carbocycles. The Morgan fingerprint density at radius 2 is 1.94 bits per heavy atom. The Morgan fingerprint density at radius 3 is 2.71 bits per heavy atom. The second kappa shape index (κ2) is 10.9. The molecule has 174 valence electrons. The molecule has 0 radical (unpaired) electrons. The molecule has 1 N–H and O–H groups in total. The Morgan fingerprint density at radius 1 is 1.15 bits per heavy atom. The molecule has 2 aromatic heterocycles. The third-order valence-electron chi connectivity index (χ3n) is 5.85. The van der Waals surface area contributed by atoms with Crippen LogP contribution in [-0.4, -0.2) is 47.0 Å². The fraction of sp³-hybridized carbons (Fsp3) is 0.250. The fourth-order valence-electron chi connectivity index (χ4n) is 4.15. The summed E-state index contributed by atoms with van der Waals surface area (Å²) in [4.78, 5) is 5.08. The van der Waals surface area contributed by atoms with Gasteiger partial charge in [-0.3, -0.25) is 4.98 Å². The van der Waals surface area contributed by atoms with Crippen molar-refractivity contribution in [3.63, 3.8) is 0 Å². The third-order valence-corrected chi connectivity index (χ3v) is 8.29. The second-order valence-electron chi connectivity index (χ2n) is 8.10. The van der Waals surface area contributed by atoms with E-state index in [4.69, 9.17) is 4.98 Å². The van der Waals surface area contributed by atoms with E-state index in [1.165, 1.54) is 0 Å². The van der Waals surface area contributed by atoms with Gasteiger partial charge >= 0.3 is 0 Å². The first-order chi connectivity index (χ1) is 16.0. The van der Waals surface area contributed by atoms with Crippen LogP contribution in [0.1, 0.15) is 12.8 Å². The number of anilines is 1. The molecule has 1 saturated heterocycles. The van der Waals surface area contributed by atoms with Gasteiger partial charge in [-0.25, -0.2) is 8.42 Å². The molecule has 0 bridgehead atoms. The summed E-state index contributed by atoms with van der Waals surface area (Å²) >= 11 is 3.53. The van der Waals surface area contributed by atoms with Crippen LogP contribution >= 0.6 is 15.9 Å². The summed E-state index contributed by atoms with van der Waals surface area (Å²) in [5.74, 6) is 0.993. The maximum Gasteiger partial charge on any atom is 0.243 e. The van der Waals surface area contributed by atoms with Crippen LogP contribution in [0.3, 0.4) is 0 Å². The number of nitrogens with one attached hydrogen (secondary N) is 1. The van der Waals surface area contributed by atoms with Gasteiger partial charge in [0.2, 0.25) is 10.0 Å². The maximum absolute atomic E-state index is 13.1. The summed E-state index contributed by atoms with van der Waals surface area (Å²) in [5, 5.41) is 7.94. The number of halogens is 1. The van der Waals surface area contributed by atoms with Crippen LogP contribution in [0.25, 0.3) is 16.9 Å². The van der Waals surface area contributed by atoms with Crippen molar-refractivity contribution in [1.82, 2.24) is 18.9 Å². The summed E-state index contributed by atoms with van der Waals surface area (Å²) in [6, 6.07) is 21.6. The van der Waals surface area contributed by atoms with Gasteiger partial charge in [0.1, 0.15) is 5.82 Å². The molecule has 34 heavy (non-hydrogen) atoms. The molecule has 0 saturated carbocycles. The molecule has 2 aromatic carbocycles. The molecule has 1 atom stereocenters. The van der Waals surface area contributed by atoms with E-state index in [2.05, 4.69) is 32.4 Å². The molecule has 0 spiro atoms. The van der Waals surface area contributed by atoms with E-state index in [1.54, 1.807) is 39.3 Å². The van der Waals surface area contributed by atoms with Crippen molar-refractivity contribution in [2.24, 2.45) is 5.92 Å². The van der Waals surface area contributed by atoms with Gasteiger partial charge in [0.05, 0.1) is 15.6 Å². The zero-order valence-corrected chi connectivity index (χ0v) is 24.9. The molecule has 1 fully saturated rings. The van der Waals surface area contributed by atoms with Crippen LogP contribution in [0.4, 0.5) is 5.82 Å². The zero-order chi connectivity index (χ0) is 22.8. The van der Waals surface area contributed by atoms with E-state index in [-0.39, 0.29) is 37.0 Å². The first-order valence-corrected chi connectivity index (χ1v) is 13.1. The number of aromatic nitrogens is 3. The Balaban J connectivity index is 0.00000274. The van der Waals surface area contributed by atoms with E-state index in [0.717, 1.165) is 34.4 Å². The predicted molar refractivity (Wildman–Crippen MR) is 131 cm³/mol. The predicted octanol–water partition coefficient (Wildman–Crippen LogP) is 4.47. The number of hydrogen-bond acceptors (Lipinski definition) is 5. The smallest absolute Gasteiger partial charge is 0.243 e. The Kier molecular flexibility index (Phi) is 8.16. The van der Waals surface area contributed by atoms with Gasteiger partial charge < -0.3 is 5.32 Å². The number of rotatable bonds is 6. The molecular weight excluding hydrogens is 740 g/mol. The van der Waals surface area contributed by atoms with Crippen molar-refractivity contribution in [2.45, 2.75) is 17.7 Å². The largest absolute Gasteiger partial charge is 0.370 e. The van der Waals surface area contributed by atoms with Gasteiger partial charge in [0.25, 0.3) is 0 Å². The minimum absolute atomic E-state index is 0. The number of hydrogen-bond donors (Lipinski definition) is 1. The minimum atomic E-state index is -3.48. The molecule has 1 unspecified atom stereocenters. The molecule has 10 heteroatoms. The van der Waals surface area contributed by atoms with Gasteiger partial charge in [-0.1, -0.05) is 18.2 Å². The molecule has 4 aromatic rings. The van der Waals surface area contributed by atoms with Crippen LogP contribution < -0.4 is 5.32 Å². The average Bonchev–Trinajstić information content (AvgIpc) is 3.24. The molecule has 5 rings (SSSR count). The van der Waals surface area contributed by atoms with Crippen LogP contribution in [0.15, 0.2) is 76.2 Å². The minimum Gasteiger partial charge on any atom is -0.370 e. The monoisotopic (exact) mass is 762 g/mol.